The zero-order valence-corrected chi connectivity index (χ0v) is 6.77. The van der Waals surface area contributed by atoms with Crippen molar-refractivity contribution in [3.05, 3.63) is 0 Å². The van der Waals surface area contributed by atoms with Gasteiger partial charge in [-0.3, -0.25) is 0 Å². The van der Waals surface area contributed by atoms with E-state index < -0.39 is 0 Å². The van der Waals surface area contributed by atoms with Crippen molar-refractivity contribution in [2.75, 3.05) is 6.26 Å². The fraction of sp³-hybridized carbons (Fsp3) is 1.00. The summed E-state index contributed by atoms with van der Waals surface area (Å²) in [4.78, 5) is 0. The molecule has 0 aliphatic heterocycles. The lowest BCUT2D eigenvalue weighted by Crippen LogP contribution is -2.06. The second-order valence-electron chi connectivity index (χ2n) is 1.73. The molecule has 0 aromatic heterocycles. The number of thioether (sulfide) groups is 1. The Labute approximate surface area is 55.5 Å². The SMILES string of the molecule is CCC(C)(S)SC. The van der Waals surface area contributed by atoms with Crippen LogP contribution in [-0.2, 0) is 0 Å². The molecule has 1 unspecified atom stereocenters. The lowest BCUT2D eigenvalue weighted by molar-refractivity contribution is 0.856. The second-order valence-corrected chi connectivity index (χ2v) is 4.33. The first-order valence-corrected chi connectivity index (χ1v) is 4.07. The number of hydrogen-bond donors (Lipinski definition) is 1. The Bertz CT molecular complexity index is 44.0. The summed E-state index contributed by atoms with van der Waals surface area (Å²) in [5.74, 6) is 0. The molecule has 2 heteroatoms. The van der Waals surface area contributed by atoms with E-state index in [4.69, 9.17) is 0 Å². The van der Waals surface area contributed by atoms with Crippen molar-refractivity contribution in [3.8, 4) is 0 Å². The van der Waals surface area contributed by atoms with Gasteiger partial charge in [0, 0.05) is 0 Å². The van der Waals surface area contributed by atoms with Crippen LogP contribution in [0.4, 0.5) is 0 Å². The third-order valence-corrected chi connectivity index (χ3v) is 3.13. The van der Waals surface area contributed by atoms with Crippen molar-refractivity contribution in [2.45, 2.75) is 24.3 Å². The van der Waals surface area contributed by atoms with E-state index in [1.165, 1.54) is 0 Å². The lowest BCUT2D eigenvalue weighted by Gasteiger charge is -2.16. The van der Waals surface area contributed by atoms with Crippen molar-refractivity contribution in [1.29, 1.82) is 0 Å². The Kier molecular flexibility index (Phi) is 3.16. The molecule has 0 bridgehead atoms. The van der Waals surface area contributed by atoms with Gasteiger partial charge in [0.05, 0.1) is 4.08 Å². The molecule has 0 aromatic carbocycles. The molecule has 0 heterocycles. The van der Waals surface area contributed by atoms with Gasteiger partial charge < -0.3 is 0 Å². The molecule has 0 rings (SSSR count). The summed E-state index contributed by atoms with van der Waals surface area (Å²) in [7, 11) is 0. The number of hydrogen-bond acceptors (Lipinski definition) is 2. The molecule has 44 valence electrons. The Morgan fingerprint density at radius 2 is 2.14 bits per heavy atom. The quantitative estimate of drug-likeness (QED) is 0.449. The highest BCUT2D eigenvalue weighted by atomic mass is 32.2. The zero-order valence-electron chi connectivity index (χ0n) is 5.06. The molecule has 0 amide bonds. The molecule has 0 radical (unpaired) electrons. The summed E-state index contributed by atoms with van der Waals surface area (Å²) in [5, 5.41) is 0. The standard InChI is InChI=1S/C5H12S2/c1-4-5(2,6)7-3/h6H,4H2,1-3H3. The van der Waals surface area contributed by atoms with Gasteiger partial charge in [-0.25, -0.2) is 0 Å². The Morgan fingerprint density at radius 1 is 1.71 bits per heavy atom. The summed E-state index contributed by atoms with van der Waals surface area (Å²) in [6.45, 7) is 4.27. The summed E-state index contributed by atoms with van der Waals surface area (Å²) in [5.41, 5.74) is 0. The molecular formula is C5H12S2. The van der Waals surface area contributed by atoms with Crippen LogP contribution < -0.4 is 0 Å². The molecule has 0 nitrogen and oxygen atoms in total. The van der Waals surface area contributed by atoms with E-state index in [1.54, 1.807) is 11.8 Å². The Balaban J connectivity index is 3.36. The second kappa shape index (κ2) is 2.88. The van der Waals surface area contributed by atoms with Crippen molar-refractivity contribution in [1.82, 2.24) is 0 Å². The van der Waals surface area contributed by atoms with E-state index in [0.29, 0.717) is 0 Å². The van der Waals surface area contributed by atoms with Crippen LogP contribution in [0.15, 0.2) is 0 Å². The minimum absolute atomic E-state index is 0.194. The topological polar surface area (TPSA) is 0 Å². The van der Waals surface area contributed by atoms with Gasteiger partial charge in [0.1, 0.15) is 0 Å². The fourth-order valence-electron chi connectivity index (χ4n) is 0.144. The van der Waals surface area contributed by atoms with Crippen LogP contribution >= 0.6 is 24.4 Å². The molecule has 0 aliphatic rings. The van der Waals surface area contributed by atoms with Crippen LogP contribution in [0.1, 0.15) is 20.3 Å². The maximum atomic E-state index is 4.35. The van der Waals surface area contributed by atoms with Gasteiger partial charge in [-0.05, 0) is 19.6 Å². The highest BCUT2D eigenvalue weighted by molar-refractivity contribution is 8.11. The first-order valence-electron chi connectivity index (χ1n) is 2.40. The molecule has 0 aliphatic carbocycles. The molecule has 1 atom stereocenters. The van der Waals surface area contributed by atoms with Crippen LogP contribution in [-0.4, -0.2) is 10.3 Å². The van der Waals surface area contributed by atoms with Gasteiger partial charge in [0.15, 0.2) is 0 Å². The van der Waals surface area contributed by atoms with E-state index in [9.17, 15) is 0 Å². The molecule has 0 saturated heterocycles. The monoisotopic (exact) mass is 136 g/mol. The van der Waals surface area contributed by atoms with Gasteiger partial charge >= 0.3 is 0 Å². The molecule has 0 aromatic rings. The Morgan fingerprint density at radius 3 is 2.14 bits per heavy atom. The van der Waals surface area contributed by atoms with E-state index in [0.717, 1.165) is 6.42 Å². The number of thiol groups is 1. The molecular weight excluding hydrogens is 124 g/mol. The van der Waals surface area contributed by atoms with Gasteiger partial charge in [-0.2, -0.15) is 12.6 Å². The molecule has 0 N–H and O–H groups in total. The van der Waals surface area contributed by atoms with Crippen LogP contribution in [0.3, 0.4) is 0 Å². The first kappa shape index (κ1) is 7.70. The number of rotatable bonds is 2. The third-order valence-electron chi connectivity index (χ3n) is 1.10. The minimum Gasteiger partial charge on any atom is -0.162 e. The van der Waals surface area contributed by atoms with E-state index >= 15 is 0 Å². The molecule has 0 spiro atoms. The fourth-order valence-corrected chi connectivity index (χ4v) is 0.433. The van der Waals surface area contributed by atoms with E-state index in [1.807, 2.05) is 0 Å². The zero-order chi connectivity index (χ0) is 5.91. The van der Waals surface area contributed by atoms with Crippen molar-refractivity contribution < 1.29 is 0 Å². The Hall–Kier alpha value is 0.700. The average Bonchev–Trinajstić information content (AvgIpc) is 1.68. The predicted molar refractivity (Wildman–Crippen MR) is 41.2 cm³/mol. The van der Waals surface area contributed by atoms with E-state index in [2.05, 4.69) is 32.7 Å². The van der Waals surface area contributed by atoms with E-state index in [-0.39, 0.29) is 4.08 Å². The highest BCUT2D eigenvalue weighted by Gasteiger charge is 2.11. The van der Waals surface area contributed by atoms with Crippen molar-refractivity contribution in [2.24, 2.45) is 0 Å². The summed E-state index contributed by atoms with van der Waals surface area (Å²) >= 11 is 6.14. The third kappa shape index (κ3) is 3.30. The van der Waals surface area contributed by atoms with Crippen LogP contribution in [0.2, 0.25) is 0 Å². The smallest absolute Gasteiger partial charge is 0.0548 e. The predicted octanol–water partition coefficient (Wildman–Crippen LogP) is 2.41. The maximum absolute atomic E-state index is 4.35. The average molecular weight is 136 g/mol. The van der Waals surface area contributed by atoms with Crippen LogP contribution in [0.25, 0.3) is 0 Å². The van der Waals surface area contributed by atoms with Gasteiger partial charge in [0.2, 0.25) is 0 Å². The van der Waals surface area contributed by atoms with Gasteiger partial charge in [0.25, 0.3) is 0 Å². The largest absolute Gasteiger partial charge is 0.162 e. The molecule has 0 fully saturated rings. The minimum atomic E-state index is 0.194. The maximum Gasteiger partial charge on any atom is 0.0548 e. The van der Waals surface area contributed by atoms with Gasteiger partial charge in [-0.1, -0.05) is 6.92 Å². The highest BCUT2D eigenvalue weighted by Crippen LogP contribution is 2.29. The van der Waals surface area contributed by atoms with Crippen molar-refractivity contribution >= 4 is 24.4 Å². The van der Waals surface area contributed by atoms with Crippen LogP contribution in [0, 0.1) is 0 Å². The molecule has 0 saturated carbocycles. The normalized spacial score (nSPS) is 18.9. The summed E-state index contributed by atoms with van der Waals surface area (Å²) in [6.07, 6.45) is 3.20. The van der Waals surface area contributed by atoms with Crippen molar-refractivity contribution in [3.63, 3.8) is 0 Å². The van der Waals surface area contributed by atoms with Crippen LogP contribution in [0.5, 0.6) is 0 Å². The summed E-state index contributed by atoms with van der Waals surface area (Å²) in [6, 6.07) is 0. The van der Waals surface area contributed by atoms with Gasteiger partial charge in [-0.15, -0.1) is 11.8 Å². The lowest BCUT2D eigenvalue weighted by atomic mass is 10.4. The first-order chi connectivity index (χ1) is 3.12. The summed E-state index contributed by atoms with van der Waals surface area (Å²) < 4.78 is 0.194. The molecule has 7 heavy (non-hydrogen) atoms.